The molecule has 2 aromatic rings. The Bertz CT molecular complexity index is 512. The fourth-order valence-corrected chi connectivity index (χ4v) is 1.80. The summed E-state index contributed by atoms with van der Waals surface area (Å²) in [5.41, 5.74) is 1.08. The Hall–Kier alpha value is -1.64. The van der Waals surface area contributed by atoms with Gasteiger partial charge in [0, 0.05) is 50.8 Å². The number of pyridine rings is 1. The first-order chi connectivity index (χ1) is 9.88. The van der Waals surface area contributed by atoms with Gasteiger partial charge in [0.25, 0.3) is 0 Å². The Balaban J connectivity index is 0.00000220. The maximum Gasteiger partial charge on any atom is 0.191 e. The van der Waals surface area contributed by atoms with Crippen LogP contribution >= 0.6 is 24.0 Å². The minimum absolute atomic E-state index is 0. The Labute approximate surface area is 142 Å². The number of aromatic nitrogens is 3. The molecule has 6 nitrogen and oxygen atoms in total. The first-order valence-corrected chi connectivity index (χ1v) is 6.70. The van der Waals surface area contributed by atoms with E-state index in [1.165, 1.54) is 0 Å². The summed E-state index contributed by atoms with van der Waals surface area (Å²) in [5, 5.41) is 10.7. The average molecular weight is 400 g/mol. The Morgan fingerprint density at radius 3 is 2.71 bits per heavy atom. The van der Waals surface area contributed by atoms with Gasteiger partial charge in [-0.1, -0.05) is 6.07 Å². The van der Waals surface area contributed by atoms with Gasteiger partial charge in [0.1, 0.15) is 0 Å². The van der Waals surface area contributed by atoms with E-state index in [4.69, 9.17) is 0 Å². The smallest absolute Gasteiger partial charge is 0.191 e. The van der Waals surface area contributed by atoms with Crippen LogP contribution in [0.2, 0.25) is 0 Å². The highest BCUT2D eigenvalue weighted by molar-refractivity contribution is 14.0. The number of hydrogen-bond donors (Lipinski definition) is 2. The van der Waals surface area contributed by atoms with Crippen molar-refractivity contribution in [3.8, 4) is 0 Å². The summed E-state index contributed by atoms with van der Waals surface area (Å²) >= 11 is 0. The van der Waals surface area contributed by atoms with Gasteiger partial charge in [-0.3, -0.25) is 14.7 Å². The third-order valence-corrected chi connectivity index (χ3v) is 2.82. The molecular weight excluding hydrogens is 379 g/mol. The van der Waals surface area contributed by atoms with Crippen LogP contribution in [-0.2, 0) is 13.0 Å². The van der Waals surface area contributed by atoms with Crippen LogP contribution in [0.15, 0.2) is 47.8 Å². The van der Waals surface area contributed by atoms with Gasteiger partial charge in [0.05, 0.1) is 6.54 Å². The first kappa shape index (κ1) is 17.4. The van der Waals surface area contributed by atoms with Crippen molar-refractivity contribution in [2.24, 2.45) is 4.99 Å². The molecule has 0 unspecified atom stereocenters. The van der Waals surface area contributed by atoms with Gasteiger partial charge in [-0.2, -0.15) is 5.10 Å². The quantitative estimate of drug-likeness (QED) is 0.436. The number of halogens is 1. The lowest BCUT2D eigenvalue weighted by atomic mass is 10.3. The van der Waals surface area contributed by atoms with Gasteiger partial charge >= 0.3 is 0 Å². The highest BCUT2D eigenvalue weighted by Gasteiger charge is 1.98. The summed E-state index contributed by atoms with van der Waals surface area (Å²) in [6, 6.07) is 7.86. The highest BCUT2D eigenvalue weighted by Crippen LogP contribution is 1.92. The van der Waals surface area contributed by atoms with Crippen LogP contribution in [-0.4, -0.2) is 40.9 Å². The molecule has 0 fully saturated rings. The average Bonchev–Trinajstić information content (AvgIpc) is 3.00. The standard InChI is InChI=1S/C14H20N6.HI/c1-15-14(18-10-12-20-11-4-8-19-20)17-9-6-13-5-2-3-7-16-13;/h2-5,7-8,11H,6,9-10,12H2,1H3,(H2,15,17,18);1H. The third kappa shape index (κ3) is 6.56. The second kappa shape index (κ2) is 10.1. The van der Waals surface area contributed by atoms with E-state index in [2.05, 4.69) is 25.7 Å². The van der Waals surface area contributed by atoms with Crippen LogP contribution in [0.4, 0.5) is 0 Å². The molecule has 0 atom stereocenters. The first-order valence-electron chi connectivity index (χ1n) is 6.70. The van der Waals surface area contributed by atoms with Crippen LogP contribution in [0.5, 0.6) is 0 Å². The molecule has 2 rings (SSSR count). The van der Waals surface area contributed by atoms with E-state index < -0.39 is 0 Å². The summed E-state index contributed by atoms with van der Waals surface area (Å²) in [6.07, 6.45) is 6.41. The van der Waals surface area contributed by atoms with E-state index in [-0.39, 0.29) is 24.0 Å². The number of nitrogens with one attached hydrogen (secondary N) is 2. The van der Waals surface area contributed by atoms with Gasteiger partial charge in [-0.05, 0) is 18.2 Å². The molecule has 0 amide bonds. The van der Waals surface area contributed by atoms with Crippen LogP contribution in [0.25, 0.3) is 0 Å². The zero-order valence-corrected chi connectivity index (χ0v) is 14.4. The molecule has 0 bridgehead atoms. The topological polar surface area (TPSA) is 67.1 Å². The van der Waals surface area contributed by atoms with Gasteiger partial charge in [-0.15, -0.1) is 24.0 Å². The SMILES string of the molecule is CN=C(NCCc1ccccn1)NCCn1cccn1.I. The van der Waals surface area contributed by atoms with Crippen LogP contribution in [0.1, 0.15) is 5.69 Å². The minimum Gasteiger partial charge on any atom is -0.356 e. The monoisotopic (exact) mass is 400 g/mol. The molecule has 0 aliphatic rings. The zero-order valence-electron chi connectivity index (χ0n) is 12.1. The van der Waals surface area contributed by atoms with Crippen molar-refractivity contribution < 1.29 is 0 Å². The van der Waals surface area contributed by atoms with E-state index in [0.29, 0.717) is 0 Å². The lowest BCUT2D eigenvalue weighted by Crippen LogP contribution is -2.39. The van der Waals surface area contributed by atoms with E-state index in [9.17, 15) is 0 Å². The number of aliphatic imine (C=N–C) groups is 1. The normalized spacial score (nSPS) is 10.8. The fourth-order valence-electron chi connectivity index (χ4n) is 1.80. The predicted octanol–water partition coefficient (Wildman–Crippen LogP) is 1.30. The van der Waals surface area contributed by atoms with Crippen molar-refractivity contribution in [3.05, 3.63) is 48.5 Å². The summed E-state index contributed by atoms with van der Waals surface area (Å²) < 4.78 is 1.88. The molecular formula is C14H21IN6. The molecule has 114 valence electrons. The second-order valence-electron chi connectivity index (χ2n) is 4.27. The second-order valence-corrected chi connectivity index (χ2v) is 4.27. The van der Waals surface area contributed by atoms with Crippen LogP contribution in [0, 0.1) is 0 Å². The van der Waals surface area contributed by atoms with E-state index in [0.717, 1.165) is 37.7 Å². The molecule has 2 heterocycles. The molecule has 2 N–H and O–H groups in total. The highest BCUT2D eigenvalue weighted by atomic mass is 127. The van der Waals surface area contributed by atoms with E-state index >= 15 is 0 Å². The molecule has 0 saturated heterocycles. The lowest BCUT2D eigenvalue weighted by Gasteiger charge is -2.11. The van der Waals surface area contributed by atoms with Gasteiger partial charge in [-0.25, -0.2) is 0 Å². The summed E-state index contributed by atoms with van der Waals surface area (Å²) in [6.45, 7) is 2.40. The summed E-state index contributed by atoms with van der Waals surface area (Å²) in [5.74, 6) is 0.799. The van der Waals surface area contributed by atoms with Gasteiger partial charge in [0.2, 0.25) is 0 Å². The zero-order chi connectivity index (χ0) is 14.0. The fraction of sp³-hybridized carbons (Fsp3) is 0.357. The number of rotatable bonds is 6. The molecule has 0 aliphatic carbocycles. The van der Waals surface area contributed by atoms with Crippen molar-refractivity contribution >= 4 is 29.9 Å². The maximum atomic E-state index is 4.29. The van der Waals surface area contributed by atoms with Crippen LogP contribution < -0.4 is 10.6 Å². The molecule has 21 heavy (non-hydrogen) atoms. The van der Waals surface area contributed by atoms with Crippen molar-refractivity contribution in [1.82, 2.24) is 25.4 Å². The maximum absolute atomic E-state index is 4.29. The molecule has 7 heteroatoms. The van der Waals surface area contributed by atoms with Crippen molar-refractivity contribution in [1.29, 1.82) is 0 Å². The Kier molecular flexibility index (Phi) is 8.41. The number of hydrogen-bond acceptors (Lipinski definition) is 3. The van der Waals surface area contributed by atoms with Gasteiger partial charge in [0.15, 0.2) is 5.96 Å². The molecule has 2 aromatic heterocycles. The van der Waals surface area contributed by atoms with Crippen molar-refractivity contribution in [2.75, 3.05) is 20.1 Å². The predicted molar refractivity (Wildman–Crippen MR) is 94.9 cm³/mol. The van der Waals surface area contributed by atoms with Crippen LogP contribution in [0.3, 0.4) is 0 Å². The van der Waals surface area contributed by atoms with Crippen molar-refractivity contribution in [2.45, 2.75) is 13.0 Å². The number of nitrogens with zero attached hydrogens (tertiary/aromatic N) is 4. The molecule has 0 spiro atoms. The third-order valence-electron chi connectivity index (χ3n) is 2.82. The molecule has 0 aromatic carbocycles. The summed E-state index contributed by atoms with van der Waals surface area (Å²) in [7, 11) is 1.77. The van der Waals surface area contributed by atoms with E-state index in [1.54, 1.807) is 13.2 Å². The minimum atomic E-state index is 0. The lowest BCUT2D eigenvalue weighted by molar-refractivity contribution is 0.597. The Morgan fingerprint density at radius 1 is 1.19 bits per heavy atom. The number of guanidine groups is 1. The van der Waals surface area contributed by atoms with Gasteiger partial charge < -0.3 is 10.6 Å². The molecule has 0 aliphatic heterocycles. The summed E-state index contributed by atoms with van der Waals surface area (Å²) in [4.78, 5) is 8.47. The molecule has 0 saturated carbocycles. The van der Waals surface area contributed by atoms with Crippen molar-refractivity contribution in [3.63, 3.8) is 0 Å². The largest absolute Gasteiger partial charge is 0.356 e. The Morgan fingerprint density at radius 2 is 2.05 bits per heavy atom. The van der Waals surface area contributed by atoms with E-state index in [1.807, 2.05) is 41.3 Å². The molecule has 0 radical (unpaired) electrons.